The third kappa shape index (κ3) is 3.15. The maximum atomic E-state index is 10.7. The molecule has 1 aromatic carbocycles. The number of carbonyl (C=O) groups is 1. The van der Waals surface area contributed by atoms with Crippen LogP contribution in [0.4, 0.5) is 0 Å². The molecule has 0 aliphatic rings. The van der Waals surface area contributed by atoms with Crippen molar-refractivity contribution in [1.82, 2.24) is 0 Å². The Bertz CT molecular complexity index is 341. The Balaban J connectivity index is 2.50. The molecule has 72 valence electrons. The van der Waals surface area contributed by atoms with Gasteiger partial charge in [-0.1, -0.05) is 24.8 Å². The molecule has 0 spiro atoms. The van der Waals surface area contributed by atoms with E-state index < -0.39 is 5.97 Å². The summed E-state index contributed by atoms with van der Waals surface area (Å²) in [5.74, 6) is -0.0959. The second-order valence-electron chi connectivity index (χ2n) is 2.41. The van der Waals surface area contributed by atoms with Crippen LogP contribution in [-0.2, 0) is 9.53 Å². The summed E-state index contributed by atoms with van der Waals surface area (Å²) in [6.45, 7) is 6.67. The first-order valence-electron chi connectivity index (χ1n) is 3.98. The molecule has 3 heteroatoms. The SMILES string of the molecule is C=CC(=O)OC(=C)Oc1ccccc1. The largest absolute Gasteiger partial charge is 0.426 e. The smallest absolute Gasteiger partial charge is 0.337 e. The van der Waals surface area contributed by atoms with E-state index in [9.17, 15) is 4.79 Å². The highest BCUT2D eigenvalue weighted by atomic mass is 16.7. The highest BCUT2D eigenvalue weighted by Gasteiger charge is 2.02. The average molecular weight is 190 g/mol. The molecule has 0 saturated carbocycles. The van der Waals surface area contributed by atoms with Gasteiger partial charge in [-0.2, -0.15) is 0 Å². The van der Waals surface area contributed by atoms with Gasteiger partial charge >= 0.3 is 5.97 Å². The number of hydrogen-bond acceptors (Lipinski definition) is 3. The van der Waals surface area contributed by atoms with Crippen molar-refractivity contribution >= 4 is 5.97 Å². The van der Waals surface area contributed by atoms with Crippen molar-refractivity contribution in [2.24, 2.45) is 0 Å². The van der Waals surface area contributed by atoms with Crippen LogP contribution in [0.25, 0.3) is 0 Å². The summed E-state index contributed by atoms with van der Waals surface area (Å²) >= 11 is 0. The molecule has 3 nitrogen and oxygen atoms in total. The lowest BCUT2D eigenvalue weighted by molar-refractivity contribution is -0.136. The molecule has 0 aromatic heterocycles. The van der Waals surface area contributed by atoms with Crippen LogP contribution in [0.1, 0.15) is 0 Å². The van der Waals surface area contributed by atoms with Crippen LogP contribution in [-0.4, -0.2) is 5.97 Å². The zero-order chi connectivity index (χ0) is 10.4. The van der Waals surface area contributed by atoms with Gasteiger partial charge in [0.1, 0.15) is 5.75 Å². The van der Waals surface area contributed by atoms with Gasteiger partial charge in [-0.25, -0.2) is 4.79 Å². The summed E-state index contributed by atoms with van der Waals surface area (Å²) in [4.78, 5) is 10.7. The Kier molecular flexibility index (Phi) is 3.49. The fourth-order valence-electron chi connectivity index (χ4n) is 0.795. The molecule has 0 radical (unpaired) electrons. The van der Waals surface area contributed by atoms with Crippen LogP contribution in [0.15, 0.2) is 55.5 Å². The summed E-state index contributed by atoms with van der Waals surface area (Å²) in [5.41, 5.74) is 0. The molecule has 0 aliphatic heterocycles. The lowest BCUT2D eigenvalue weighted by Crippen LogP contribution is -2.04. The standard InChI is InChI=1S/C11H10O3/c1-3-11(12)14-9(2)13-10-7-5-4-6-8-10/h3-8H,1-2H2. The molecule has 0 saturated heterocycles. The van der Waals surface area contributed by atoms with Gasteiger partial charge in [0.25, 0.3) is 5.95 Å². The first-order valence-corrected chi connectivity index (χ1v) is 3.98. The van der Waals surface area contributed by atoms with Crippen LogP contribution >= 0.6 is 0 Å². The number of carbonyl (C=O) groups excluding carboxylic acids is 1. The van der Waals surface area contributed by atoms with Crippen molar-refractivity contribution in [2.45, 2.75) is 0 Å². The normalized spacial score (nSPS) is 8.86. The van der Waals surface area contributed by atoms with Gasteiger partial charge in [0.15, 0.2) is 0 Å². The lowest BCUT2D eigenvalue weighted by atomic mass is 10.3. The minimum atomic E-state index is -0.592. The molecule has 0 atom stereocenters. The molecule has 0 amide bonds. The maximum absolute atomic E-state index is 10.7. The fourth-order valence-corrected chi connectivity index (χ4v) is 0.795. The molecule has 0 bridgehead atoms. The van der Waals surface area contributed by atoms with E-state index >= 15 is 0 Å². The predicted molar refractivity (Wildman–Crippen MR) is 52.5 cm³/mol. The summed E-state index contributed by atoms with van der Waals surface area (Å²) in [7, 11) is 0. The molecule has 0 N–H and O–H groups in total. The second kappa shape index (κ2) is 4.87. The van der Waals surface area contributed by atoms with E-state index in [0.717, 1.165) is 6.08 Å². The quantitative estimate of drug-likeness (QED) is 0.415. The van der Waals surface area contributed by atoms with Gasteiger partial charge in [-0.15, -0.1) is 0 Å². The number of rotatable bonds is 4. The van der Waals surface area contributed by atoms with Crippen molar-refractivity contribution < 1.29 is 14.3 Å². The monoisotopic (exact) mass is 190 g/mol. The van der Waals surface area contributed by atoms with Crippen molar-refractivity contribution in [3.8, 4) is 5.75 Å². The lowest BCUT2D eigenvalue weighted by Gasteiger charge is -2.06. The van der Waals surface area contributed by atoms with Crippen molar-refractivity contribution in [3.05, 3.63) is 55.5 Å². The number of benzene rings is 1. The first-order chi connectivity index (χ1) is 6.72. The van der Waals surface area contributed by atoms with Crippen molar-refractivity contribution in [3.63, 3.8) is 0 Å². The van der Waals surface area contributed by atoms with Crippen LogP contribution in [0, 0.1) is 0 Å². The van der Waals surface area contributed by atoms with Gasteiger partial charge < -0.3 is 9.47 Å². The third-order valence-corrected chi connectivity index (χ3v) is 1.36. The third-order valence-electron chi connectivity index (χ3n) is 1.36. The van der Waals surface area contributed by atoms with Gasteiger partial charge in [-0.05, 0) is 18.7 Å². The molecule has 0 heterocycles. The second-order valence-corrected chi connectivity index (χ2v) is 2.41. The van der Waals surface area contributed by atoms with Crippen molar-refractivity contribution in [1.29, 1.82) is 0 Å². The molecule has 14 heavy (non-hydrogen) atoms. The Morgan fingerprint density at radius 3 is 2.50 bits per heavy atom. The molecular weight excluding hydrogens is 180 g/mol. The van der Waals surface area contributed by atoms with E-state index in [0.29, 0.717) is 5.75 Å². The fraction of sp³-hybridized carbons (Fsp3) is 0. The molecule has 1 rings (SSSR count). The maximum Gasteiger partial charge on any atom is 0.337 e. The summed E-state index contributed by atoms with van der Waals surface area (Å²) < 4.78 is 9.73. The van der Waals surface area contributed by atoms with E-state index in [4.69, 9.17) is 4.74 Å². The summed E-state index contributed by atoms with van der Waals surface area (Å²) in [6.07, 6.45) is 1.04. The van der Waals surface area contributed by atoms with E-state index in [-0.39, 0.29) is 5.95 Å². The number of esters is 1. The molecule has 0 aliphatic carbocycles. The van der Waals surface area contributed by atoms with Crippen LogP contribution in [0.3, 0.4) is 0 Å². The van der Waals surface area contributed by atoms with E-state index in [1.165, 1.54) is 0 Å². The average Bonchev–Trinajstić information content (AvgIpc) is 2.19. The topological polar surface area (TPSA) is 35.5 Å². The molecule has 1 aromatic rings. The predicted octanol–water partition coefficient (Wildman–Crippen LogP) is 2.27. The number of hydrogen-bond donors (Lipinski definition) is 0. The van der Waals surface area contributed by atoms with Gasteiger partial charge in [0, 0.05) is 6.08 Å². The number of para-hydroxylation sites is 1. The zero-order valence-electron chi connectivity index (χ0n) is 7.60. The Labute approximate surface area is 82.3 Å². The van der Waals surface area contributed by atoms with Crippen molar-refractivity contribution in [2.75, 3.05) is 0 Å². The highest BCUT2D eigenvalue weighted by molar-refractivity contribution is 5.81. The van der Waals surface area contributed by atoms with E-state index in [1.807, 2.05) is 6.07 Å². The minimum absolute atomic E-state index is 0.0684. The summed E-state index contributed by atoms with van der Waals surface area (Å²) in [5, 5.41) is 0. The summed E-state index contributed by atoms with van der Waals surface area (Å²) in [6, 6.07) is 8.92. The Morgan fingerprint density at radius 1 is 1.29 bits per heavy atom. The van der Waals surface area contributed by atoms with E-state index in [2.05, 4.69) is 17.9 Å². The van der Waals surface area contributed by atoms with Gasteiger partial charge in [0.05, 0.1) is 0 Å². The van der Waals surface area contributed by atoms with E-state index in [1.54, 1.807) is 24.3 Å². The minimum Gasteiger partial charge on any atom is -0.426 e. The number of ether oxygens (including phenoxy) is 2. The first kappa shape index (κ1) is 10.1. The van der Waals surface area contributed by atoms with Crippen LogP contribution < -0.4 is 4.74 Å². The van der Waals surface area contributed by atoms with Crippen LogP contribution in [0.2, 0.25) is 0 Å². The van der Waals surface area contributed by atoms with Gasteiger partial charge in [0.2, 0.25) is 0 Å². The Morgan fingerprint density at radius 2 is 1.93 bits per heavy atom. The zero-order valence-corrected chi connectivity index (χ0v) is 7.60. The molecular formula is C11H10O3. The molecule has 0 fully saturated rings. The molecule has 0 unspecified atom stereocenters. The highest BCUT2D eigenvalue weighted by Crippen LogP contribution is 2.12. The van der Waals surface area contributed by atoms with Gasteiger partial charge in [-0.3, -0.25) is 0 Å². The Hall–Kier alpha value is -2.03. The van der Waals surface area contributed by atoms with Crippen LogP contribution in [0.5, 0.6) is 5.75 Å².